The predicted octanol–water partition coefficient (Wildman–Crippen LogP) is 2.04. The van der Waals surface area contributed by atoms with Crippen molar-refractivity contribution in [3.05, 3.63) is 42.2 Å². The number of likely N-dealkylation sites (N-methyl/N-ethyl adjacent to an activating group) is 1. The average Bonchev–Trinajstić information content (AvgIpc) is 2.94. The van der Waals surface area contributed by atoms with Gasteiger partial charge in [0.05, 0.1) is 19.1 Å². The maximum Gasteiger partial charge on any atom is 0.172 e. The number of aromatic nitrogens is 1. The van der Waals surface area contributed by atoms with Crippen LogP contribution in [0.1, 0.15) is 17.3 Å². The zero-order chi connectivity index (χ0) is 13.9. The van der Waals surface area contributed by atoms with E-state index in [2.05, 4.69) is 10.3 Å². The maximum atomic E-state index is 12.8. The van der Waals surface area contributed by atoms with E-state index in [0.717, 1.165) is 17.3 Å². The summed E-state index contributed by atoms with van der Waals surface area (Å²) >= 11 is 0. The smallest absolute Gasteiger partial charge is 0.172 e. The molecule has 0 aliphatic carbocycles. The van der Waals surface area contributed by atoms with Crippen LogP contribution in [0, 0.1) is 5.92 Å². The predicted molar refractivity (Wildman–Crippen MR) is 77.8 cm³/mol. The second kappa shape index (κ2) is 5.69. The Hall–Kier alpha value is -1.78. The number of hydrogen-bond donors (Lipinski definition) is 1. The van der Waals surface area contributed by atoms with Crippen molar-refractivity contribution in [1.29, 1.82) is 0 Å². The Morgan fingerprint density at radius 3 is 3.05 bits per heavy atom. The quantitative estimate of drug-likeness (QED) is 0.864. The molecule has 1 N–H and O–H groups in total. The molecule has 1 aliphatic heterocycles. The third kappa shape index (κ3) is 2.32. The number of pyridine rings is 1. The number of ether oxygens (including phenoxy) is 1. The zero-order valence-electron chi connectivity index (χ0n) is 11.5. The standard InChI is InChI=1S/C16H18N2O2/c1-2-18-15-10-20-9-14(15)16(19)13-8-17-7-11-5-3-4-6-12(11)13/h3-8,14-15,18H,2,9-10H2,1H3. The van der Waals surface area contributed by atoms with E-state index in [9.17, 15) is 4.79 Å². The van der Waals surface area contributed by atoms with E-state index in [-0.39, 0.29) is 17.7 Å². The first kappa shape index (κ1) is 13.2. The van der Waals surface area contributed by atoms with Crippen LogP contribution in [-0.2, 0) is 4.74 Å². The van der Waals surface area contributed by atoms with Crippen LogP contribution >= 0.6 is 0 Å². The number of hydrogen-bond acceptors (Lipinski definition) is 4. The molecule has 0 amide bonds. The van der Waals surface area contributed by atoms with Crippen molar-refractivity contribution in [1.82, 2.24) is 10.3 Å². The molecule has 3 rings (SSSR count). The van der Waals surface area contributed by atoms with Crippen LogP contribution in [0.5, 0.6) is 0 Å². The molecule has 0 bridgehead atoms. The van der Waals surface area contributed by atoms with Gasteiger partial charge in [0.25, 0.3) is 0 Å². The van der Waals surface area contributed by atoms with Gasteiger partial charge in [0.15, 0.2) is 5.78 Å². The van der Waals surface area contributed by atoms with Crippen molar-refractivity contribution < 1.29 is 9.53 Å². The van der Waals surface area contributed by atoms with Crippen LogP contribution in [0.15, 0.2) is 36.7 Å². The summed E-state index contributed by atoms with van der Waals surface area (Å²) < 4.78 is 5.47. The molecule has 2 atom stereocenters. The van der Waals surface area contributed by atoms with E-state index in [1.807, 2.05) is 31.2 Å². The van der Waals surface area contributed by atoms with Gasteiger partial charge < -0.3 is 10.1 Å². The molecule has 0 radical (unpaired) electrons. The number of carbonyl (C=O) groups excluding carboxylic acids is 1. The van der Waals surface area contributed by atoms with Crippen molar-refractivity contribution >= 4 is 16.6 Å². The molecular weight excluding hydrogens is 252 g/mol. The second-order valence-corrected chi connectivity index (χ2v) is 5.08. The number of carbonyl (C=O) groups is 1. The molecular formula is C16H18N2O2. The molecule has 104 valence electrons. The lowest BCUT2D eigenvalue weighted by Gasteiger charge is -2.17. The van der Waals surface area contributed by atoms with E-state index in [0.29, 0.717) is 18.8 Å². The highest BCUT2D eigenvalue weighted by Crippen LogP contribution is 2.24. The van der Waals surface area contributed by atoms with Crippen LogP contribution in [0.3, 0.4) is 0 Å². The number of benzene rings is 1. The summed E-state index contributed by atoms with van der Waals surface area (Å²) in [4.78, 5) is 17.0. The molecule has 1 fully saturated rings. The maximum absolute atomic E-state index is 12.8. The Balaban J connectivity index is 1.96. The number of Topliss-reactive ketones (excluding diaryl/α,β-unsaturated/α-hetero) is 1. The van der Waals surface area contributed by atoms with Gasteiger partial charge >= 0.3 is 0 Å². The fourth-order valence-corrected chi connectivity index (χ4v) is 2.79. The largest absolute Gasteiger partial charge is 0.379 e. The molecule has 1 saturated heterocycles. The minimum atomic E-state index is -0.123. The van der Waals surface area contributed by atoms with Crippen LogP contribution in [0.25, 0.3) is 10.8 Å². The normalized spacial score (nSPS) is 22.2. The third-order valence-corrected chi connectivity index (χ3v) is 3.82. The third-order valence-electron chi connectivity index (χ3n) is 3.82. The number of ketones is 1. The summed E-state index contributed by atoms with van der Waals surface area (Å²) in [6, 6.07) is 7.96. The average molecular weight is 270 g/mol. The molecule has 20 heavy (non-hydrogen) atoms. The van der Waals surface area contributed by atoms with Crippen LogP contribution in [0.2, 0.25) is 0 Å². The summed E-state index contributed by atoms with van der Waals surface area (Å²) in [6.45, 7) is 3.97. The molecule has 2 heterocycles. The lowest BCUT2D eigenvalue weighted by Crippen LogP contribution is -2.39. The molecule has 2 unspecified atom stereocenters. The molecule has 0 saturated carbocycles. The Morgan fingerprint density at radius 2 is 2.20 bits per heavy atom. The molecule has 0 spiro atoms. The van der Waals surface area contributed by atoms with Gasteiger partial charge in [0.2, 0.25) is 0 Å². The minimum Gasteiger partial charge on any atom is -0.379 e. The van der Waals surface area contributed by atoms with Gasteiger partial charge in [-0.2, -0.15) is 0 Å². The Bertz CT molecular complexity index is 621. The van der Waals surface area contributed by atoms with Gasteiger partial charge in [0.1, 0.15) is 0 Å². The fourth-order valence-electron chi connectivity index (χ4n) is 2.79. The Kier molecular flexibility index (Phi) is 3.76. The van der Waals surface area contributed by atoms with Gasteiger partial charge in [-0.3, -0.25) is 9.78 Å². The van der Waals surface area contributed by atoms with Gasteiger partial charge in [0, 0.05) is 29.4 Å². The zero-order valence-corrected chi connectivity index (χ0v) is 11.5. The van der Waals surface area contributed by atoms with Crippen molar-refractivity contribution in [3.8, 4) is 0 Å². The Morgan fingerprint density at radius 1 is 1.35 bits per heavy atom. The summed E-state index contributed by atoms with van der Waals surface area (Å²) in [5, 5.41) is 5.29. The van der Waals surface area contributed by atoms with E-state index in [1.165, 1.54) is 0 Å². The first-order chi connectivity index (χ1) is 9.81. The van der Waals surface area contributed by atoms with Crippen molar-refractivity contribution in [2.24, 2.45) is 5.92 Å². The summed E-state index contributed by atoms with van der Waals surface area (Å²) in [5.74, 6) is 0.000283. The van der Waals surface area contributed by atoms with E-state index >= 15 is 0 Å². The van der Waals surface area contributed by atoms with Gasteiger partial charge in [-0.1, -0.05) is 31.2 Å². The number of rotatable bonds is 4. The van der Waals surface area contributed by atoms with Crippen LogP contribution in [-0.4, -0.2) is 36.6 Å². The first-order valence-corrected chi connectivity index (χ1v) is 6.99. The minimum absolute atomic E-state index is 0.103. The highest BCUT2D eigenvalue weighted by Gasteiger charge is 2.34. The topological polar surface area (TPSA) is 51.2 Å². The monoisotopic (exact) mass is 270 g/mol. The van der Waals surface area contributed by atoms with Crippen LogP contribution in [0.4, 0.5) is 0 Å². The highest BCUT2D eigenvalue weighted by molar-refractivity contribution is 6.09. The number of fused-ring (bicyclic) bond motifs is 1. The fraction of sp³-hybridized carbons (Fsp3) is 0.375. The molecule has 4 heteroatoms. The molecule has 4 nitrogen and oxygen atoms in total. The lowest BCUT2D eigenvalue weighted by atomic mass is 9.91. The van der Waals surface area contributed by atoms with Crippen molar-refractivity contribution in [3.63, 3.8) is 0 Å². The summed E-state index contributed by atoms with van der Waals surface area (Å²) in [7, 11) is 0. The van der Waals surface area contributed by atoms with Crippen molar-refractivity contribution in [2.75, 3.05) is 19.8 Å². The molecule has 2 aromatic rings. The number of nitrogens with one attached hydrogen (secondary N) is 1. The highest BCUT2D eigenvalue weighted by atomic mass is 16.5. The van der Waals surface area contributed by atoms with Gasteiger partial charge in [-0.25, -0.2) is 0 Å². The molecule has 1 aromatic carbocycles. The van der Waals surface area contributed by atoms with Gasteiger partial charge in [-0.05, 0) is 11.9 Å². The first-order valence-electron chi connectivity index (χ1n) is 6.99. The summed E-state index contributed by atoms with van der Waals surface area (Å²) in [6.07, 6.45) is 3.46. The number of nitrogens with zero attached hydrogens (tertiary/aromatic N) is 1. The van der Waals surface area contributed by atoms with E-state index in [4.69, 9.17) is 4.74 Å². The molecule has 1 aromatic heterocycles. The lowest BCUT2D eigenvalue weighted by molar-refractivity contribution is 0.0893. The summed E-state index contributed by atoms with van der Waals surface area (Å²) in [5.41, 5.74) is 0.696. The Labute approximate surface area is 118 Å². The SMILES string of the molecule is CCNC1COCC1C(=O)c1cncc2ccccc12. The second-order valence-electron chi connectivity index (χ2n) is 5.08. The van der Waals surface area contributed by atoms with E-state index in [1.54, 1.807) is 12.4 Å². The van der Waals surface area contributed by atoms with Gasteiger partial charge in [-0.15, -0.1) is 0 Å². The van der Waals surface area contributed by atoms with Crippen molar-refractivity contribution in [2.45, 2.75) is 13.0 Å². The molecule has 1 aliphatic rings. The van der Waals surface area contributed by atoms with E-state index < -0.39 is 0 Å². The van der Waals surface area contributed by atoms with Crippen LogP contribution < -0.4 is 5.32 Å².